The van der Waals surface area contributed by atoms with Gasteiger partial charge in [-0.2, -0.15) is 9.98 Å². The number of hydrogen-bond acceptors (Lipinski definition) is 8. The molecule has 9 nitrogen and oxygen atoms in total. The van der Waals surface area contributed by atoms with Crippen LogP contribution in [0.5, 0.6) is 0 Å². The van der Waals surface area contributed by atoms with E-state index >= 15 is 0 Å². The summed E-state index contributed by atoms with van der Waals surface area (Å²) in [7, 11) is -4.43. The van der Waals surface area contributed by atoms with Crippen LogP contribution in [0.2, 0.25) is 0 Å². The van der Waals surface area contributed by atoms with Crippen molar-refractivity contribution in [3.8, 4) is 6.07 Å². The SMILES string of the molecule is CCCN(CC)c1ccc(/C(C)=C(\C#N)S(=O)(=O)N[C@H]2C(O)O[C@H](CC)[C@@H](O)[C@@H]2O)cc1. The van der Waals surface area contributed by atoms with Crippen LogP contribution in [0.4, 0.5) is 5.69 Å². The monoisotopic (exact) mass is 467 g/mol. The van der Waals surface area contributed by atoms with Gasteiger partial charge < -0.3 is 25.0 Å². The molecule has 0 spiro atoms. The highest BCUT2D eigenvalue weighted by atomic mass is 32.2. The van der Waals surface area contributed by atoms with Crippen LogP contribution in [0, 0.1) is 11.3 Å². The molecule has 1 aromatic carbocycles. The minimum Gasteiger partial charge on any atom is -0.388 e. The molecule has 178 valence electrons. The van der Waals surface area contributed by atoms with Gasteiger partial charge in [-0.05, 0) is 50.0 Å². The number of nitrogens with zero attached hydrogens (tertiary/aromatic N) is 2. The van der Waals surface area contributed by atoms with E-state index in [2.05, 4.69) is 23.5 Å². The second-order valence-electron chi connectivity index (χ2n) is 7.79. The maximum Gasteiger partial charge on any atom is 0.251 e. The number of aliphatic hydroxyl groups excluding tert-OH is 3. The lowest BCUT2D eigenvalue weighted by atomic mass is 9.96. The zero-order chi connectivity index (χ0) is 24.1. The largest absolute Gasteiger partial charge is 0.388 e. The fourth-order valence-corrected chi connectivity index (χ4v) is 5.16. The predicted octanol–water partition coefficient (Wildman–Crippen LogP) is 1.31. The van der Waals surface area contributed by atoms with Gasteiger partial charge in [0.15, 0.2) is 11.2 Å². The summed E-state index contributed by atoms with van der Waals surface area (Å²) in [6.07, 6.45) is -4.18. The standard InChI is InChI=1S/C22H33N3O6S/c1-5-12-25(7-3)16-10-8-15(9-11-16)14(4)18(13-23)32(29,30)24-19-21(27)20(26)17(6-2)31-22(19)28/h8-11,17,19-22,24,26-28H,5-7,12H2,1-4H3/b18-14+/t17-,19-,20-,21-,22?/m1/s1. The second-order valence-corrected chi connectivity index (χ2v) is 9.44. The van der Waals surface area contributed by atoms with Crippen molar-refractivity contribution in [1.29, 1.82) is 5.26 Å². The Labute approximate surface area is 190 Å². The number of anilines is 1. The fourth-order valence-electron chi connectivity index (χ4n) is 3.79. The van der Waals surface area contributed by atoms with Crippen molar-refractivity contribution in [2.45, 2.75) is 71.2 Å². The van der Waals surface area contributed by atoms with Crippen molar-refractivity contribution >= 4 is 21.3 Å². The normalized spacial score (nSPS) is 26.9. The molecule has 1 heterocycles. The quantitative estimate of drug-likeness (QED) is 0.398. The number of ether oxygens (including phenoxy) is 1. The third-order valence-corrected chi connectivity index (χ3v) is 7.18. The maximum absolute atomic E-state index is 12.9. The number of rotatable bonds is 9. The van der Waals surface area contributed by atoms with E-state index in [0.717, 1.165) is 25.2 Å². The summed E-state index contributed by atoms with van der Waals surface area (Å²) >= 11 is 0. The molecule has 5 atom stereocenters. The Kier molecular flexibility index (Phi) is 9.21. The van der Waals surface area contributed by atoms with Gasteiger partial charge in [-0.3, -0.25) is 0 Å². The lowest BCUT2D eigenvalue weighted by Gasteiger charge is -2.40. The number of sulfonamides is 1. The minimum absolute atomic E-state index is 0.220. The molecule has 0 aromatic heterocycles. The Morgan fingerprint density at radius 3 is 2.28 bits per heavy atom. The Morgan fingerprint density at radius 1 is 1.16 bits per heavy atom. The maximum atomic E-state index is 12.9. The van der Waals surface area contributed by atoms with Gasteiger partial charge in [-0.1, -0.05) is 26.0 Å². The van der Waals surface area contributed by atoms with Crippen LogP contribution in [0.1, 0.15) is 46.1 Å². The topological polar surface area (TPSA) is 143 Å². The molecule has 1 aliphatic heterocycles. The van der Waals surface area contributed by atoms with E-state index in [4.69, 9.17) is 4.74 Å². The average Bonchev–Trinajstić information content (AvgIpc) is 2.77. The number of allylic oxidation sites excluding steroid dienone is 2. The third-order valence-electron chi connectivity index (χ3n) is 5.67. The van der Waals surface area contributed by atoms with E-state index in [0.29, 0.717) is 12.0 Å². The first-order valence-electron chi connectivity index (χ1n) is 10.8. The van der Waals surface area contributed by atoms with Gasteiger partial charge in [0.1, 0.15) is 24.3 Å². The van der Waals surface area contributed by atoms with Crippen LogP contribution >= 0.6 is 0 Å². The van der Waals surface area contributed by atoms with Crippen LogP contribution in [0.15, 0.2) is 29.2 Å². The minimum atomic E-state index is -4.43. The number of nitrogens with one attached hydrogen (secondary N) is 1. The van der Waals surface area contributed by atoms with E-state index in [-0.39, 0.29) is 5.57 Å². The highest BCUT2D eigenvalue weighted by Gasteiger charge is 2.45. The molecular formula is C22H33N3O6S. The lowest BCUT2D eigenvalue weighted by molar-refractivity contribution is -0.244. The molecule has 0 saturated carbocycles. The van der Waals surface area contributed by atoms with Crippen LogP contribution < -0.4 is 9.62 Å². The van der Waals surface area contributed by atoms with E-state index in [1.165, 1.54) is 6.92 Å². The highest BCUT2D eigenvalue weighted by Crippen LogP contribution is 2.27. The highest BCUT2D eigenvalue weighted by molar-refractivity contribution is 7.93. The van der Waals surface area contributed by atoms with Crippen LogP contribution in [-0.4, -0.2) is 67.5 Å². The first kappa shape index (κ1) is 26.3. The van der Waals surface area contributed by atoms with Crippen LogP contribution in [0.25, 0.3) is 5.57 Å². The summed E-state index contributed by atoms with van der Waals surface area (Å²) in [4.78, 5) is 1.64. The summed E-state index contributed by atoms with van der Waals surface area (Å²) in [5, 5.41) is 40.2. The van der Waals surface area contributed by atoms with E-state index in [9.17, 15) is 29.0 Å². The second kappa shape index (κ2) is 11.2. The van der Waals surface area contributed by atoms with Gasteiger partial charge in [0.25, 0.3) is 10.0 Å². The zero-order valence-electron chi connectivity index (χ0n) is 18.9. The number of benzene rings is 1. The van der Waals surface area contributed by atoms with E-state index < -0.39 is 45.6 Å². The molecule has 0 bridgehead atoms. The van der Waals surface area contributed by atoms with Gasteiger partial charge in [0.2, 0.25) is 0 Å². The van der Waals surface area contributed by atoms with E-state index in [1.807, 2.05) is 12.1 Å². The smallest absolute Gasteiger partial charge is 0.251 e. The van der Waals surface area contributed by atoms with Crippen molar-refractivity contribution in [2.75, 3.05) is 18.0 Å². The summed E-state index contributed by atoms with van der Waals surface area (Å²) in [6, 6.07) is 7.43. The van der Waals surface area contributed by atoms with Crippen molar-refractivity contribution in [3.05, 3.63) is 34.7 Å². The molecule has 4 N–H and O–H groups in total. The predicted molar refractivity (Wildman–Crippen MR) is 122 cm³/mol. The Bertz CT molecular complexity index is 941. The Balaban J connectivity index is 2.32. The molecule has 1 saturated heterocycles. The average molecular weight is 468 g/mol. The van der Waals surface area contributed by atoms with Crippen LogP contribution in [-0.2, 0) is 14.8 Å². The number of hydrogen-bond donors (Lipinski definition) is 4. The van der Waals surface area contributed by atoms with Crippen molar-refractivity contribution in [2.24, 2.45) is 0 Å². The third kappa shape index (κ3) is 5.67. The van der Waals surface area contributed by atoms with Crippen LogP contribution in [0.3, 0.4) is 0 Å². The number of aliphatic hydroxyl groups is 3. The van der Waals surface area contributed by atoms with Gasteiger partial charge in [0, 0.05) is 18.8 Å². The molecule has 10 heteroatoms. The van der Waals surface area contributed by atoms with E-state index in [1.54, 1.807) is 25.1 Å². The molecule has 1 unspecified atom stereocenters. The number of nitriles is 1. The summed E-state index contributed by atoms with van der Waals surface area (Å²) in [6.45, 7) is 9.09. The fraction of sp³-hybridized carbons (Fsp3) is 0.591. The van der Waals surface area contributed by atoms with Gasteiger partial charge >= 0.3 is 0 Å². The van der Waals surface area contributed by atoms with Gasteiger partial charge in [-0.25, -0.2) is 8.42 Å². The van der Waals surface area contributed by atoms with Crippen molar-refractivity contribution in [3.63, 3.8) is 0 Å². The zero-order valence-corrected chi connectivity index (χ0v) is 19.7. The van der Waals surface area contributed by atoms with Gasteiger partial charge in [-0.15, -0.1) is 0 Å². The Hall–Kier alpha value is -2.00. The molecule has 2 rings (SSSR count). The first-order chi connectivity index (χ1) is 15.1. The van der Waals surface area contributed by atoms with Crippen molar-refractivity contribution in [1.82, 2.24) is 4.72 Å². The first-order valence-corrected chi connectivity index (χ1v) is 12.3. The summed E-state index contributed by atoms with van der Waals surface area (Å²) in [5.41, 5.74) is 1.77. The van der Waals surface area contributed by atoms with Gasteiger partial charge in [0.05, 0.1) is 6.10 Å². The van der Waals surface area contributed by atoms with Crippen molar-refractivity contribution < 1.29 is 28.5 Å². The molecule has 1 aliphatic rings. The molecule has 0 aliphatic carbocycles. The molecule has 0 amide bonds. The molecule has 32 heavy (non-hydrogen) atoms. The summed E-state index contributed by atoms with van der Waals surface area (Å²) in [5.74, 6) is 0. The molecule has 1 fully saturated rings. The molecule has 0 radical (unpaired) electrons. The summed E-state index contributed by atoms with van der Waals surface area (Å²) < 4.78 is 33.2. The lowest BCUT2D eigenvalue weighted by Crippen LogP contribution is -2.63. The Morgan fingerprint density at radius 2 is 1.78 bits per heavy atom. The molecule has 1 aromatic rings. The molecular weight excluding hydrogens is 434 g/mol.